The molecule has 1 N–H and O–H groups in total. The van der Waals surface area contributed by atoms with Crippen LogP contribution in [0.15, 0.2) is 10.6 Å². The molecule has 0 aliphatic carbocycles. The quantitative estimate of drug-likeness (QED) is 0.902. The van der Waals surface area contributed by atoms with Gasteiger partial charge in [-0.1, -0.05) is 5.16 Å². The molecule has 0 unspecified atom stereocenters. The van der Waals surface area contributed by atoms with Gasteiger partial charge in [0.1, 0.15) is 11.6 Å². The summed E-state index contributed by atoms with van der Waals surface area (Å²) in [6.45, 7) is 4.32. The number of piperidine rings is 1. The summed E-state index contributed by atoms with van der Waals surface area (Å²) in [5, 5.41) is 10.8. The molecule has 1 amide bonds. The van der Waals surface area contributed by atoms with E-state index in [1.165, 1.54) is 0 Å². The van der Waals surface area contributed by atoms with E-state index in [1.807, 2.05) is 6.92 Å². The van der Waals surface area contributed by atoms with Gasteiger partial charge in [0.05, 0.1) is 6.04 Å². The van der Waals surface area contributed by atoms with Crippen LogP contribution in [0.5, 0.6) is 0 Å². The highest BCUT2D eigenvalue weighted by atomic mass is 16.5. The van der Waals surface area contributed by atoms with Crippen molar-refractivity contribution < 1.29 is 9.32 Å². The smallest absolute Gasteiger partial charge is 0.276 e. The number of carbonyl (C=O) groups excluding carboxylic acids is 1. The number of rotatable bonds is 2. The number of H-pyrrole nitrogens is 1. The zero-order chi connectivity index (χ0) is 14.1. The Bertz CT molecular complexity index is 618. The first-order chi connectivity index (χ1) is 9.65. The number of hydrogen-bond donors (Lipinski definition) is 1. The number of likely N-dealkylation sites (tertiary alicyclic amines) is 1. The van der Waals surface area contributed by atoms with Gasteiger partial charge in [-0.05, 0) is 33.1 Å². The van der Waals surface area contributed by atoms with Crippen molar-refractivity contribution >= 4 is 5.91 Å². The lowest BCUT2D eigenvalue weighted by Gasteiger charge is -2.33. The van der Waals surface area contributed by atoms with Gasteiger partial charge in [0.25, 0.3) is 5.91 Å². The van der Waals surface area contributed by atoms with Gasteiger partial charge in [0.15, 0.2) is 11.5 Å². The predicted molar refractivity (Wildman–Crippen MR) is 70.0 cm³/mol. The van der Waals surface area contributed by atoms with Gasteiger partial charge < -0.3 is 9.42 Å². The van der Waals surface area contributed by atoms with Crippen LogP contribution in [0.4, 0.5) is 0 Å². The molecule has 1 saturated heterocycles. The Labute approximate surface area is 116 Å². The maximum absolute atomic E-state index is 12.5. The molecule has 3 heterocycles. The highest BCUT2D eigenvalue weighted by Crippen LogP contribution is 2.30. The zero-order valence-corrected chi connectivity index (χ0v) is 11.6. The van der Waals surface area contributed by atoms with Gasteiger partial charge in [-0.3, -0.25) is 9.89 Å². The molecule has 1 aliphatic heterocycles. The second-order valence-electron chi connectivity index (χ2n) is 5.11. The van der Waals surface area contributed by atoms with Crippen molar-refractivity contribution in [3.8, 4) is 0 Å². The lowest BCUT2D eigenvalue weighted by Crippen LogP contribution is -2.39. The van der Waals surface area contributed by atoms with Crippen LogP contribution in [0.3, 0.4) is 0 Å². The standard InChI is InChI=1S/C13H17N5O2/c1-8-7-10(17-20-8)13(19)18-6-4-3-5-11(18)12-14-9(2)15-16-12/h7,11H,3-6H2,1-2H3,(H,14,15,16)/t11-/m0/s1. The first-order valence-corrected chi connectivity index (χ1v) is 6.78. The highest BCUT2D eigenvalue weighted by molar-refractivity contribution is 5.92. The number of nitrogens with zero attached hydrogens (tertiary/aromatic N) is 4. The van der Waals surface area contributed by atoms with Gasteiger partial charge in [0.2, 0.25) is 0 Å². The van der Waals surface area contributed by atoms with E-state index in [0.29, 0.717) is 23.8 Å². The summed E-state index contributed by atoms with van der Waals surface area (Å²) in [4.78, 5) is 18.7. The van der Waals surface area contributed by atoms with Crippen LogP contribution in [0.1, 0.15) is 53.2 Å². The minimum Gasteiger partial charge on any atom is -0.361 e. The largest absolute Gasteiger partial charge is 0.361 e. The molecule has 1 atom stereocenters. The Balaban J connectivity index is 1.87. The van der Waals surface area contributed by atoms with Gasteiger partial charge in [-0.15, -0.1) is 0 Å². The van der Waals surface area contributed by atoms with Gasteiger partial charge in [-0.2, -0.15) is 5.10 Å². The molecule has 3 rings (SSSR count). The molecular weight excluding hydrogens is 258 g/mol. The predicted octanol–water partition coefficient (Wildman–Crippen LogP) is 1.78. The summed E-state index contributed by atoms with van der Waals surface area (Å²) in [5.41, 5.74) is 0.349. The van der Waals surface area contributed by atoms with Crippen LogP contribution in [0.25, 0.3) is 0 Å². The summed E-state index contributed by atoms with van der Waals surface area (Å²) in [7, 11) is 0. The normalized spacial score (nSPS) is 19.3. The molecule has 7 heteroatoms. The average Bonchev–Trinajstić information content (AvgIpc) is 3.07. The van der Waals surface area contributed by atoms with E-state index in [1.54, 1.807) is 17.9 Å². The number of aryl methyl sites for hydroxylation is 2. The third kappa shape index (κ3) is 2.31. The van der Waals surface area contributed by atoms with Crippen molar-refractivity contribution in [3.63, 3.8) is 0 Å². The first-order valence-electron chi connectivity index (χ1n) is 6.78. The SMILES string of the molecule is Cc1nc([C@@H]2CCCCN2C(=O)c2cc(C)on2)n[nH]1. The molecule has 7 nitrogen and oxygen atoms in total. The molecule has 0 aromatic carbocycles. The number of carbonyl (C=O) groups is 1. The fourth-order valence-electron chi connectivity index (χ4n) is 2.57. The third-order valence-corrected chi connectivity index (χ3v) is 3.52. The molecule has 106 valence electrons. The molecule has 0 radical (unpaired) electrons. The lowest BCUT2D eigenvalue weighted by atomic mass is 10.0. The third-order valence-electron chi connectivity index (χ3n) is 3.52. The summed E-state index contributed by atoms with van der Waals surface area (Å²) in [6, 6.07) is 1.58. The molecular formula is C13H17N5O2. The zero-order valence-electron chi connectivity index (χ0n) is 11.6. The molecule has 0 bridgehead atoms. The summed E-state index contributed by atoms with van der Waals surface area (Å²) in [5.74, 6) is 1.95. The topological polar surface area (TPSA) is 87.9 Å². The summed E-state index contributed by atoms with van der Waals surface area (Å²) >= 11 is 0. The van der Waals surface area contributed by atoms with Crippen LogP contribution in [0.2, 0.25) is 0 Å². The molecule has 0 saturated carbocycles. The van der Waals surface area contributed by atoms with Crippen molar-refractivity contribution in [2.45, 2.75) is 39.2 Å². The van der Waals surface area contributed by atoms with Crippen molar-refractivity contribution in [3.05, 3.63) is 29.2 Å². The van der Waals surface area contributed by atoms with Crippen molar-refractivity contribution in [1.82, 2.24) is 25.2 Å². The number of aromatic nitrogens is 4. The Morgan fingerprint density at radius 2 is 2.30 bits per heavy atom. The van der Waals surface area contributed by atoms with E-state index in [0.717, 1.165) is 25.1 Å². The second-order valence-corrected chi connectivity index (χ2v) is 5.11. The van der Waals surface area contributed by atoms with Crippen LogP contribution in [0, 0.1) is 13.8 Å². The van der Waals surface area contributed by atoms with Crippen molar-refractivity contribution in [2.24, 2.45) is 0 Å². The van der Waals surface area contributed by atoms with Crippen molar-refractivity contribution in [2.75, 3.05) is 6.54 Å². The number of amides is 1. The van der Waals surface area contributed by atoms with Gasteiger partial charge in [-0.25, -0.2) is 4.98 Å². The summed E-state index contributed by atoms with van der Waals surface area (Å²) in [6.07, 6.45) is 2.93. The molecule has 1 fully saturated rings. The number of nitrogens with one attached hydrogen (secondary N) is 1. The Morgan fingerprint density at radius 3 is 2.95 bits per heavy atom. The second kappa shape index (κ2) is 5.07. The Kier molecular flexibility index (Phi) is 3.25. The fourth-order valence-corrected chi connectivity index (χ4v) is 2.57. The number of hydrogen-bond acceptors (Lipinski definition) is 5. The van der Waals surface area contributed by atoms with Crippen LogP contribution < -0.4 is 0 Å². The molecule has 2 aromatic rings. The monoisotopic (exact) mass is 275 g/mol. The minimum absolute atomic E-state index is 0.0850. The molecule has 1 aliphatic rings. The van der Waals surface area contributed by atoms with Gasteiger partial charge in [0, 0.05) is 12.6 Å². The van der Waals surface area contributed by atoms with E-state index in [2.05, 4.69) is 20.3 Å². The van der Waals surface area contributed by atoms with Crippen LogP contribution in [-0.2, 0) is 0 Å². The van der Waals surface area contributed by atoms with Gasteiger partial charge >= 0.3 is 0 Å². The molecule has 20 heavy (non-hydrogen) atoms. The van der Waals surface area contributed by atoms with E-state index in [9.17, 15) is 4.79 Å². The van der Waals surface area contributed by atoms with E-state index in [4.69, 9.17) is 4.52 Å². The van der Waals surface area contributed by atoms with Crippen LogP contribution >= 0.6 is 0 Å². The number of aromatic amines is 1. The van der Waals surface area contributed by atoms with E-state index in [-0.39, 0.29) is 11.9 Å². The Hall–Kier alpha value is -2.18. The molecule has 0 spiro atoms. The van der Waals surface area contributed by atoms with Crippen molar-refractivity contribution in [1.29, 1.82) is 0 Å². The maximum Gasteiger partial charge on any atom is 0.276 e. The highest BCUT2D eigenvalue weighted by Gasteiger charge is 2.32. The fraction of sp³-hybridized carbons (Fsp3) is 0.538. The van der Waals surface area contributed by atoms with E-state index >= 15 is 0 Å². The first kappa shape index (κ1) is 12.8. The Morgan fingerprint density at radius 1 is 1.45 bits per heavy atom. The maximum atomic E-state index is 12.5. The summed E-state index contributed by atoms with van der Waals surface area (Å²) < 4.78 is 4.99. The van der Waals surface area contributed by atoms with Crippen LogP contribution in [-0.4, -0.2) is 37.7 Å². The lowest BCUT2D eigenvalue weighted by molar-refractivity contribution is 0.0589. The molecule has 2 aromatic heterocycles. The minimum atomic E-state index is -0.117. The van der Waals surface area contributed by atoms with E-state index < -0.39 is 0 Å². The average molecular weight is 275 g/mol.